The molecule has 4 rings (SSSR count). The quantitative estimate of drug-likeness (QED) is 0.407. The van der Waals surface area contributed by atoms with Crippen molar-refractivity contribution in [3.63, 3.8) is 0 Å². The lowest BCUT2D eigenvalue weighted by atomic mass is 9.76. The number of carbonyl (C=O) groups is 1. The van der Waals surface area contributed by atoms with Gasteiger partial charge in [-0.1, -0.05) is 13.8 Å². The fourth-order valence-electron chi connectivity index (χ4n) is 6.17. The number of aromatic nitrogens is 3. The van der Waals surface area contributed by atoms with Gasteiger partial charge in [-0.15, -0.1) is 10.2 Å². The first-order valence-corrected chi connectivity index (χ1v) is 14.3. The Kier molecular flexibility index (Phi) is 9.58. The molecule has 1 aromatic heterocycles. The van der Waals surface area contributed by atoms with E-state index in [0.29, 0.717) is 30.9 Å². The Morgan fingerprint density at radius 1 is 1.25 bits per heavy atom. The molecule has 2 aliphatic rings. The number of hydrogen-bond acceptors (Lipinski definition) is 9. The number of benzene rings is 1. The summed E-state index contributed by atoms with van der Waals surface area (Å²) < 4.78 is 20.4. The third-order valence-corrected chi connectivity index (χ3v) is 8.18. The molecule has 0 radical (unpaired) electrons. The number of nitrogens with zero attached hydrogens (tertiary/aromatic N) is 6. The first kappa shape index (κ1) is 30.1. The van der Waals surface area contributed by atoms with Crippen LogP contribution in [0.5, 0.6) is 11.6 Å². The monoisotopic (exact) mass is 557 g/mol. The smallest absolute Gasteiger partial charge is 0.282 e. The molecule has 11 heteroatoms. The minimum atomic E-state index is -0.512. The largest absolute Gasteiger partial charge is 0.434 e. The lowest BCUT2D eigenvalue weighted by Crippen LogP contribution is -2.62. The molecule has 2 aromatic rings. The number of likely N-dealkylation sites (tertiary alicyclic amines) is 1. The zero-order valence-electron chi connectivity index (χ0n) is 24.6. The SMILES string of the molecule is CCN(C(=O)c1cc(F)ccc1Oc1nncnc1N1CCC2(C1)CN(C(CC(O)CNC)C(C)C)C2)C(C)C. The number of nitrogens with one attached hydrogen (secondary N) is 1. The summed E-state index contributed by atoms with van der Waals surface area (Å²) in [7, 11) is 1.86. The summed E-state index contributed by atoms with van der Waals surface area (Å²) in [5.41, 5.74) is 0.277. The topological polar surface area (TPSA) is 107 Å². The van der Waals surface area contributed by atoms with Crippen LogP contribution in [-0.2, 0) is 0 Å². The molecule has 1 aromatic carbocycles. The van der Waals surface area contributed by atoms with E-state index in [1.165, 1.54) is 24.5 Å². The van der Waals surface area contributed by atoms with Gasteiger partial charge in [-0.2, -0.15) is 0 Å². The van der Waals surface area contributed by atoms with E-state index in [9.17, 15) is 14.3 Å². The van der Waals surface area contributed by atoms with Crippen LogP contribution in [0.25, 0.3) is 0 Å². The highest BCUT2D eigenvalue weighted by atomic mass is 19.1. The van der Waals surface area contributed by atoms with Gasteiger partial charge in [0.15, 0.2) is 5.82 Å². The molecule has 1 spiro atoms. The Morgan fingerprint density at radius 2 is 2.00 bits per heavy atom. The number of amides is 1. The van der Waals surface area contributed by atoms with Crippen LogP contribution in [-0.4, -0.2) is 100 Å². The molecule has 2 fully saturated rings. The summed E-state index contributed by atoms with van der Waals surface area (Å²) in [5, 5.41) is 21.6. The standard InChI is InChI=1S/C29H44FN7O3/c1-7-37(20(4)5)28(39)23-12-21(30)8-9-25(23)40-27-26(32-18-33-34-27)35-11-10-29(15-35)16-36(17-29)24(19(2)3)13-22(38)14-31-6/h8-9,12,18-20,22,24,31,38H,7,10-11,13-17H2,1-6H3. The van der Waals surface area contributed by atoms with E-state index >= 15 is 0 Å². The molecule has 3 heterocycles. The van der Waals surface area contributed by atoms with Crippen LogP contribution in [0.2, 0.25) is 0 Å². The zero-order chi connectivity index (χ0) is 29.0. The molecule has 10 nitrogen and oxygen atoms in total. The van der Waals surface area contributed by atoms with Gasteiger partial charge >= 0.3 is 0 Å². The van der Waals surface area contributed by atoms with E-state index in [0.717, 1.165) is 39.0 Å². The maximum absolute atomic E-state index is 14.2. The van der Waals surface area contributed by atoms with Crippen molar-refractivity contribution in [1.29, 1.82) is 0 Å². The van der Waals surface area contributed by atoms with Crippen molar-refractivity contribution in [2.75, 3.05) is 51.2 Å². The number of hydrogen-bond donors (Lipinski definition) is 2. The summed E-state index contributed by atoms with van der Waals surface area (Å²) >= 11 is 0. The van der Waals surface area contributed by atoms with Crippen molar-refractivity contribution in [1.82, 2.24) is 30.3 Å². The Labute approximate surface area is 236 Å². The minimum Gasteiger partial charge on any atom is -0.434 e. The number of aliphatic hydroxyl groups is 1. The molecule has 220 valence electrons. The molecule has 0 aliphatic carbocycles. The number of carbonyl (C=O) groups excluding carboxylic acids is 1. The van der Waals surface area contributed by atoms with E-state index in [1.807, 2.05) is 27.8 Å². The highest BCUT2D eigenvalue weighted by molar-refractivity contribution is 5.97. The second kappa shape index (κ2) is 12.7. The summed E-state index contributed by atoms with van der Waals surface area (Å²) in [5.74, 6) is 0.604. The van der Waals surface area contributed by atoms with E-state index < -0.39 is 5.82 Å². The van der Waals surface area contributed by atoms with Crippen LogP contribution in [0.3, 0.4) is 0 Å². The maximum Gasteiger partial charge on any atom is 0.282 e. The van der Waals surface area contributed by atoms with E-state index in [2.05, 4.69) is 44.1 Å². The Balaban J connectivity index is 1.49. The third kappa shape index (κ3) is 6.53. The van der Waals surface area contributed by atoms with Crippen LogP contribution in [0.4, 0.5) is 10.2 Å². The molecule has 0 bridgehead atoms. The molecule has 2 unspecified atom stereocenters. The summed E-state index contributed by atoms with van der Waals surface area (Å²) in [6.07, 6.45) is 2.79. The summed E-state index contributed by atoms with van der Waals surface area (Å²) in [4.78, 5) is 24.1. The fourth-order valence-corrected chi connectivity index (χ4v) is 6.17. The predicted molar refractivity (Wildman–Crippen MR) is 152 cm³/mol. The van der Waals surface area contributed by atoms with Gasteiger partial charge in [0.25, 0.3) is 11.8 Å². The van der Waals surface area contributed by atoms with E-state index in [-0.39, 0.29) is 40.7 Å². The van der Waals surface area contributed by atoms with Crippen LogP contribution in [0.15, 0.2) is 24.5 Å². The number of likely N-dealkylation sites (N-methyl/N-ethyl adjacent to an activating group) is 1. The van der Waals surface area contributed by atoms with Crippen molar-refractivity contribution in [3.8, 4) is 11.6 Å². The third-order valence-electron chi connectivity index (χ3n) is 8.18. The van der Waals surface area contributed by atoms with Crippen molar-refractivity contribution in [2.45, 2.75) is 65.6 Å². The van der Waals surface area contributed by atoms with Crippen molar-refractivity contribution in [3.05, 3.63) is 35.9 Å². The second-order valence-corrected chi connectivity index (χ2v) is 11.9. The normalized spacial score (nSPS) is 18.3. The number of ether oxygens (including phenoxy) is 1. The van der Waals surface area contributed by atoms with Gasteiger partial charge in [-0.3, -0.25) is 9.69 Å². The van der Waals surface area contributed by atoms with Crippen molar-refractivity contribution in [2.24, 2.45) is 11.3 Å². The van der Waals surface area contributed by atoms with Crippen molar-refractivity contribution >= 4 is 11.7 Å². The van der Waals surface area contributed by atoms with Gasteiger partial charge < -0.3 is 25.0 Å². The van der Waals surface area contributed by atoms with Crippen molar-refractivity contribution < 1.29 is 19.0 Å². The molecule has 40 heavy (non-hydrogen) atoms. The van der Waals surface area contributed by atoms with Gasteiger partial charge in [-0.05, 0) is 64.8 Å². The molecular weight excluding hydrogens is 513 g/mol. The van der Waals surface area contributed by atoms with Gasteiger partial charge in [0.1, 0.15) is 17.9 Å². The van der Waals surface area contributed by atoms with Crippen LogP contribution in [0, 0.1) is 17.2 Å². The highest BCUT2D eigenvalue weighted by Gasteiger charge is 2.50. The predicted octanol–water partition coefficient (Wildman–Crippen LogP) is 3.18. The highest BCUT2D eigenvalue weighted by Crippen LogP contribution is 2.44. The van der Waals surface area contributed by atoms with Crippen LogP contribution in [0.1, 0.15) is 57.8 Å². The second-order valence-electron chi connectivity index (χ2n) is 11.9. The summed E-state index contributed by atoms with van der Waals surface area (Å²) in [6, 6.07) is 4.21. The van der Waals surface area contributed by atoms with E-state index in [4.69, 9.17) is 4.74 Å². The number of rotatable bonds is 12. The molecule has 2 atom stereocenters. The molecule has 0 saturated carbocycles. The lowest BCUT2D eigenvalue weighted by molar-refractivity contribution is -0.0456. The molecule has 2 saturated heterocycles. The minimum absolute atomic E-state index is 0.0490. The first-order chi connectivity index (χ1) is 19.1. The maximum atomic E-state index is 14.2. The number of aliphatic hydroxyl groups excluding tert-OH is 1. The van der Waals surface area contributed by atoms with Gasteiger partial charge in [0.05, 0.1) is 11.7 Å². The van der Waals surface area contributed by atoms with Crippen LogP contribution < -0.4 is 15.0 Å². The Hall–Kier alpha value is -2.89. The first-order valence-electron chi connectivity index (χ1n) is 14.3. The molecule has 2 N–H and O–H groups in total. The molecule has 2 aliphatic heterocycles. The number of halogens is 1. The Morgan fingerprint density at radius 3 is 2.65 bits per heavy atom. The average Bonchev–Trinajstić information content (AvgIpc) is 3.34. The zero-order valence-corrected chi connectivity index (χ0v) is 24.6. The number of anilines is 1. The Bertz CT molecular complexity index is 1160. The summed E-state index contributed by atoms with van der Waals surface area (Å²) in [6.45, 7) is 14.8. The van der Waals surface area contributed by atoms with Gasteiger partial charge in [0.2, 0.25) is 0 Å². The van der Waals surface area contributed by atoms with Crippen LogP contribution >= 0.6 is 0 Å². The van der Waals surface area contributed by atoms with Gasteiger partial charge in [0, 0.05) is 56.8 Å². The van der Waals surface area contributed by atoms with E-state index in [1.54, 1.807) is 4.90 Å². The fraction of sp³-hybridized carbons (Fsp3) is 0.655. The molecule has 1 amide bonds. The average molecular weight is 558 g/mol. The lowest BCUT2D eigenvalue weighted by Gasteiger charge is -2.53. The van der Waals surface area contributed by atoms with Gasteiger partial charge in [-0.25, -0.2) is 9.37 Å². The molecular formula is C29H44FN7O3.